The van der Waals surface area contributed by atoms with Crippen molar-refractivity contribution in [2.45, 2.75) is 18.4 Å². The average molecular weight is 509 g/mol. The van der Waals surface area contributed by atoms with Crippen LogP contribution in [0.3, 0.4) is 0 Å². The first kappa shape index (κ1) is 23.5. The summed E-state index contributed by atoms with van der Waals surface area (Å²) in [5.74, 6) is 0.804. The minimum Gasteiger partial charge on any atom is -0.394 e. The van der Waals surface area contributed by atoms with Crippen LogP contribution < -0.4 is 26.2 Å². The smallest absolute Gasteiger partial charge is 0.258 e. The predicted octanol–water partition coefficient (Wildman–Crippen LogP) is 3.03. The number of piperidine rings is 1. The van der Waals surface area contributed by atoms with Gasteiger partial charge in [-0.15, -0.1) is 5.10 Å². The van der Waals surface area contributed by atoms with Gasteiger partial charge in [-0.25, -0.2) is 9.67 Å². The Morgan fingerprint density at radius 3 is 2.29 bits per heavy atom. The first-order valence-corrected chi connectivity index (χ1v) is 12.6. The number of nitrogens with two attached hydrogens (primary N) is 1. The Balaban J connectivity index is 1.11. The third kappa shape index (κ3) is 4.19. The van der Waals surface area contributed by atoms with Gasteiger partial charge in [0, 0.05) is 25.0 Å². The first-order chi connectivity index (χ1) is 18.5. The molecule has 0 aliphatic carbocycles. The maximum Gasteiger partial charge on any atom is 0.258 e. The summed E-state index contributed by atoms with van der Waals surface area (Å²) >= 11 is 0. The van der Waals surface area contributed by atoms with Gasteiger partial charge in [-0.3, -0.25) is 9.59 Å². The maximum atomic E-state index is 12.9. The number of para-hydroxylation sites is 2. The van der Waals surface area contributed by atoms with E-state index in [1.54, 1.807) is 23.1 Å². The van der Waals surface area contributed by atoms with Crippen molar-refractivity contribution in [2.24, 2.45) is 0 Å². The molecule has 2 fully saturated rings. The molecular formula is C28H28N8O2. The molecule has 0 radical (unpaired) electrons. The zero-order valence-electron chi connectivity index (χ0n) is 20.7. The second kappa shape index (κ2) is 9.55. The van der Waals surface area contributed by atoms with E-state index in [4.69, 9.17) is 5.73 Å². The summed E-state index contributed by atoms with van der Waals surface area (Å²) in [7, 11) is 0. The topological polar surface area (TPSA) is 121 Å². The lowest BCUT2D eigenvalue weighted by atomic mass is 9.85. The monoisotopic (exact) mass is 508 g/mol. The van der Waals surface area contributed by atoms with Crippen molar-refractivity contribution >= 4 is 34.8 Å². The SMILES string of the molecule is Nc1cn(-c2ccccc2)nc1NC(=O)c1ccc(N2CCC3(CC2)C(=O)NCN3c2ccccc2)nc1. The van der Waals surface area contributed by atoms with Gasteiger partial charge in [0.05, 0.1) is 29.8 Å². The van der Waals surface area contributed by atoms with Gasteiger partial charge in [-0.05, 0) is 49.2 Å². The van der Waals surface area contributed by atoms with Gasteiger partial charge in [0.2, 0.25) is 5.91 Å². The van der Waals surface area contributed by atoms with E-state index in [-0.39, 0.29) is 11.8 Å². The number of hydrogen-bond acceptors (Lipinski definition) is 7. The number of aromatic nitrogens is 3. The number of carbonyl (C=O) groups excluding carboxylic acids is 2. The number of carbonyl (C=O) groups is 2. The Morgan fingerprint density at radius 1 is 0.947 bits per heavy atom. The zero-order chi connectivity index (χ0) is 26.1. The summed E-state index contributed by atoms with van der Waals surface area (Å²) in [6, 6.07) is 23.2. The van der Waals surface area contributed by atoms with Crippen molar-refractivity contribution in [1.29, 1.82) is 0 Å². The summed E-state index contributed by atoms with van der Waals surface area (Å²) in [4.78, 5) is 34.6. The number of benzene rings is 2. The largest absolute Gasteiger partial charge is 0.394 e. The van der Waals surface area contributed by atoms with E-state index < -0.39 is 5.54 Å². The molecule has 4 aromatic rings. The lowest BCUT2D eigenvalue weighted by Gasteiger charge is -2.43. The number of pyridine rings is 1. The van der Waals surface area contributed by atoms with Crippen LogP contribution in [0.15, 0.2) is 85.2 Å². The molecule has 0 bridgehead atoms. The maximum absolute atomic E-state index is 12.9. The van der Waals surface area contributed by atoms with Crippen LogP contribution in [-0.4, -0.2) is 51.9 Å². The van der Waals surface area contributed by atoms with Gasteiger partial charge in [-0.1, -0.05) is 36.4 Å². The summed E-state index contributed by atoms with van der Waals surface area (Å²) in [6.45, 7) is 1.88. The van der Waals surface area contributed by atoms with Crippen molar-refractivity contribution < 1.29 is 9.59 Å². The van der Waals surface area contributed by atoms with E-state index in [0.717, 1.165) is 17.2 Å². The predicted molar refractivity (Wildman–Crippen MR) is 146 cm³/mol. The Bertz CT molecular complexity index is 1450. The van der Waals surface area contributed by atoms with Crippen LogP contribution in [0, 0.1) is 0 Å². The second-order valence-corrected chi connectivity index (χ2v) is 9.52. The number of rotatable bonds is 5. The van der Waals surface area contributed by atoms with Gasteiger partial charge in [0.1, 0.15) is 11.4 Å². The van der Waals surface area contributed by atoms with E-state index >= 15 is 0 Å². The molecule has 192 valence electrons. The molecule has 4 heterocycles. The zero-order valence-corrected chi connectivity index (χ0v) is 20.7. The molecule has 2 amide bonds. The highest BCUT2D eigenvalue weighted by Gasteiger charge is 2.50. The highest BCUT2D eigenvalue weighted by Crippen LogP contribution is 2.37. The number of anilines is 4. The van der Waals surface area contributed by atoms with E-state index in [1.807, 2.05) is 66.7 Å². The Kier molecular flexibility index (Phi) is 5.91. The molecule has 6 rings (SSSR count). The van der Waals surface area contributed by atoms with Gasteiger partial charge < -0.3 is 26.2 Å². The molecule has 2 aliphatic heterocycles. The quantitative estimate of drug-likeness (QED) is 0.379. The number of hydrogen-bond donors (Lipinski definition) is 3. The Labute approximate surface area is 220 Å². The van der Waals surface area contributed by atoms with Crippen LogP contribution in [0.25, 0.3) is 5.69 Å². The van der Waals surface area contributed by atoms with E-state index in [0.29, 0.717) is 49.7 Å². The summed E-state index contributed by atoms with van der Waals surface area (Å²) in [6.07, 6.45) is 4.58. The van der Waals surface area contributed by atoms with Crippen LogP contribution >= 0.6 is 0 Å². The van der Waals surface area contributed by atoms with Crippen LogP contribution in [-0.2, 0) is 4.79 Å². The molecule has 2 saturated heterocycles. The van der Waals surface area contributed by atoms with Crippen LogP contribution in [0.1, 0.15) is 23.2 Å². The van der Waals surface area contributed by atoms with E-state index in [2.05, 4.69) is 30.5 Å². The summed E-state index contributed by atoms with van der Waals surface area (Å²) in [5, 5.41) is 10.2. The van der Waals surface area contributed by atoms with Gasteiger partial charge in [0.25, 0.3) is 5.91 Å². The molecule has 0 saturated carbocycles. The highest BCUT2D eigenvalue weighted by molar-refractivity contribution is 6.05. The fraction of sp³-hybridized carbons (Fsp3) is 0.214. The third-order valence-electron chi connectivity index (χ3n) is 7.32. The van der Waals surface area contributed by atoms with Crippen molar-refractivity contribution in [3.63, 3.8) is 0 Å². The fourth-order valence-electron chi connectivity index (χ4n) is 5.22. The fourth-order valence-corrected chi connectivity index (χ4v) is 5.22. The Hall–Kier alpha value is -4.86. The molecule has 2 aromatic carbocycles. The van der Waals surface area contributed by atoms with Gasteiger partial charge >= 0.3 is 0 Å². The van der Waals surface area contributed by atoms with E-state index in [1.165, 1.54) is 0 Å². The van der Waals surface area contributed by atoms with Crippen LogP contribution in [0.4, 0.5) is 23.0 Å². The van der Waals surface area contributed by atoms with Gasteiger partial charge in [0.15, 0.2) is 5.82 Å². The molecule has 10 nitrogen and oxygen atoms in total. The normalized spacial score (nSPS) is 16.5. The summed E-state index contributed by atoms with van der Waals surface area (Å²) in [5.41, 5.74) is 8.19. The van der Waals surface area contributed by atoms with Crippen LogP contribution in [0.5, 0.6) is 0 Å². The first-order valence-electron chi connectivity index (χ1n) is 12.6. The molecule has 2 aromatic heterocycles. The summed E-state index contributed by atoms with van der Waals surface area (Å²) < 4.78 is 1.62. The van der Waals surface area contributed by atoms with E-state index in [9.17, 15) is 9.59 Å². The molecule has 38 heavy (non-hydrogen) atoms. The standard InChI is InChI=1S/C28H28N8O2/c29-23-18-36(22-9-5-2-6-10-22)33-25(23)32-26(37)20-11-12-24(30-17-20)34-15-13-28(14-16-34)27(38)31-19-35(28)21-7-3-1-4-8-21/h1-12,17-18H,13-16,19,29H2,(H,31,38)(H,32,33,37). The van der Waals surface area contributed by atoms with Crippen LogP contribution in [0.2, 0.25) is 0 Å². The third-order valence-corrected chi connectivity index (χ3v) is 7.32. The number of nitrogens with zero attached hydrogens (tertiary/aromatic N) is 5. The molecule has 0 atom stereocenters. The number of nitrogen functional groups attached to an aromatic ring is 1. The lowest BCUT2D eigenvalue weighted by molar-refractivity contribution is -0.124. The minimum absolute atomic E-state index is 0.0787. The van der Waals surface area contributed by atoms with Crippen molar-refractivity contribution in [3.05, 3.63) is 90.8 Å². The van der Waals surface area contributed by atoms with Gasteiger partial charge in [-0.2, -0.15) is 0 Å². The molecule has 1 spiro atoms. The number of amides is 2. The molecular weight excluding hydrogens is 480 g/mol. The molecule has 0 unspecified atom stereocenters. The van der Waals surface area contributed by atoms with Crippen molar-refractivity contribution in [1.82, 2.24) is 20.1 Å². The van der Waals surface area contributed by atoms with Crippen molar-refractivity contribution in [2.75, 3.05) is 40.6 Å². The lowest BCUT2D eigenvalue weighted by Crippen LogP contribution is -2.56. The molecule has 10 heteroatoms. The molecule has 2 aliphatic rings. The average Bonchev–Trinajstić information content (AvgIpc) is 3.49. The highest BCUT2D eigenvalue weighted by atomic mass is 16.2. The molecule has 4 N–H and O–H groups in total. The second-order valence-electron chi connectivity index (χ2n) is 9.52. The minimum atomic E-state index is -0.555. The number of nitrogens with one attached hydrogen (secondary N) is 2. The Morgan fingerprint density at radius 2 is 1.63 bits per heavy atom. The van der Waals surface area contributed by atoms with Crippen molar-refractivity contribution in [3.8, 4) is 5.69 Å².